The maximum absolute atomic E-state index is 10.9. The summed E-state index contributed by atoms with van der Waals surface area (Å²) in [5.74, 6) is -2.39. The smallest absolute Gasteiger partial charge is 0.332 e. The van der Waals surface area contributed by atoms with Crippen molar-refractivity contribution >= 4 is 11.9 Å². The third kappa shape index (κ3) is 2.95. The van der Waals surface area contributed by atoms with E-state index in [9.17, 15) is 9.59 Å². The number of carboxylic acid groups (broad SMARTS) is 2. The largest absolute Gasteiger partial charge is 0.478 e. The summed E-state index contributed by atoms with van der Waals surface area (Å²) < 4.78 is 0. The topological polar surface area (TPSA) is 74.6 Å². The molecule has 0 aliphatic rings. The van der Waals surface area contributed by atoms with Crippen molar-refractivity contribution in [3.8, 4) is 0 Å². The highest BCUT2D eigenvalue weighted by Crippen LogP contribution is 2.12. The summed E-state index contributed by atoms with van der Waals surface area (Å²) in [5.41, 5.74) is 0.565. The number of carbonyl (C=O) groups is 2. The third-order valence-corrected chi connectivity index (χ3v) is 2.26. The molecule has 1 aromatic rings. The van der Waals surface area contributed by atoms with Crippen LogP contribution in [-0.4, -0.2) is 22.2 Å². The molecule has 0 unspecified atom stereocenters. The van der Waals surface area contributed by atoms with Crippen LogP contribution in [0.5, 0.6) is 0 Å². The van der Waals surface area contributed by atoms with E-state index in [-0.39, 0.29) is 17.6 Å². The molecule has 84 valence electrons. The second-order valence-electron chi connectivity index (χ2n) is 3.38. The van der Waals surface area contributed by atoms with Crippen LogP contribution in [0, 0.1) is 0 Å². The number of hydrogen-bond acceptors (Lipinski definition) is 2. The average Bonchev–Trinajstić information content (AvgIpc) is 2.26. The Morgan fingerprint density at radius 2 is 1.62 bits per heavy atom. The van der Waals surface area contributed by atoms with Crippen molar-refractivity contribution < 1.29 is 19.8 Å². The fourth-order valence-corrected chi connectivity index (χ4v) is 1.30. The minimum absolute atomic E-state index is 0.0845. The fraction of sp³-hybridized carbons (Fsp3) is 0.167. The van der Waals surface area contributed by atoms with Gasteiger partial charge < -0.3 is 10.2 Å². The summed E-state index contributed by atoms with van der Waals surface area (Å²) in [6.45, 7) is 1.30. The summed E-state index contributed by atoms with van der Waals surface area (Å²) in [5, 5.41) is 17.7. The highest BCUT2D eigenvalue weighted by molar-refractivity contribution is 5.98. The van der Waals surface area contributed by atoms with Gasteiger partial charge in [0.15, 0.2) is 0 Å². The van der Waals surface area contributed by atoms with Crippen LogP contribution in [0.2, 0.25) is 0 Å². The van der Waals surface area contributed by atoms with Gasteiger partial charge in [0, 0.05) is 12.0 Å². The highest BCUT2D eigenvalue weighted by Gasteiger charge is 2.16. The Kier molecular flexibility index (Phi) is 3.83. The molecule has 0 aliphatic heterocycles. The summed E-state index contributed by atoms with van der Waals surface area (Å²) >= 11 is 0. The van der Waals surface area contributed by atoms with E-state index in [4.69, 9.17) is 10.2 Å². The minimum atomic E-state index is -1.20. The summed E-state index contributed by atoms with van der Waals surface area (Å²) in [6.07, 6.45) is 0.119. The van der Waals surface area contributed by atoms with Crippen molar-refractivity contribution in [3.05, 3.63) is 47.0 Å². The molecule has 0 amide bonds. The van der Waals surface area contributed by atoms with Crippen molar-refractivity contribution in [2.75, 3.05) is 0 Å². The Morgan fingerprint density at radius 3 is 2.06 bits per heavy atom. The predicted octanol–water partition coefficient (Wildman–Crippen LogP) is 1.71. The quantitative estimate of drug-likeness (QED) is 0.757. The molecule has 0 atom stereocenters. The van der Waals surface area contributed by atoms with Crippen molar-refractivity contribution in [2.24, 2.45) is 0 Å². The molecule has 0 fully saturated rings. The van der Waals surface area contributed by atoms with Crippen molar-refractivity contribution in [3.63, 3.8) is 0 Å². The molecular formula is C12H12O4. The molecule has 1 aromatic carbocycles. The molecule has 4 heteroatoms. The van der Waals surface area contributed by atoms with E-state index in [1.807, 2.05) is 6.07 Å². The zero-order chi connectivity index (χ0) is 12.1. The van der Waals surface area contributed by atoms with Crippen LogP contribution in [0.3, 0.4) is 0 Å². The minimum Gasteiger partial charge on any atom is -0.478 e. The Labute approximate surface area is 92.8 Å². The van der Waals surface area contributed by atoms with Gasteiger partial charge in [0.05, 0.1) is 5.57 Å². The SMILES string of the molecule is C/C(C(=O)O)=C(/Cc1ccccc1)C(=O)O. The van der Waals surface area contributed by atoms with E-state index in [0.717, 1.165) is 5.56 Å². The second kappa shape index (κ2) is 5.11. The van der Waals surface area contributed by atoms with Crippen LogP contribution >= 0.6 is 0 Å². The molecule has 16 heavy (non-hydrogen) atoms. The molecule has 0 bridgehead atoms. The van der Waals surface area contributed by atoms with Gasteiger partial charge in [-0.15, -0.1) is 0 Å². The fourth-order valence-electron chi connectivity index (χ4n) is 1.30. The first-order valence-corrected chi connectivity index (χ1v) is 4.72. The van der Waals surface area contributed by atoms with Crippen LogP contribution < -0.4 is 0 Å². The first-order valence-electron chi connectivity index (χ1n) is 4.72. The van der Waals surface area contributed by atoms with Crippen LogP contribution in [0.4, 0.5) is 0 Å². The average molecular weight is 220 g/mol. The maximum Gasteiger partial charge on any atom is 0.332 e. The lowest BCUT2D eigenvalue weighted by molar-refractivity contribution is -0.136. The molecule has 0 saturated heterocycles. The normalized spacial score (nSPS) is 11.8. The second-order valence-corrected chi connectivity index (χ2v) is 3.38. The van der Waals surface area contributed by atoms with Gasteiger partial charge in [0.1, 0.15) is 0 Å². The number of hydrogen-bond donors (Lipinski definition) is 2. The van der Waals surface area contributed by atoms with Crippen molar-refractivity contribution in [1.82, 2.24) is 0 Å². The lowest BCUT2D eigenvalue weighted by Gasteiger charge is -2.05. The molecule has 0 aliphatic carbocycles. The molecule has 1 rings (SSSR count). The van der Waals surface area contributed by atoms with Crippen molar-refractivity contribution in [2.45, 2.75) is 13.3 Å². The summed E-state index contributed by atoms with van der Waals surface area (Å²) in [7, 11) is 0. The van der Waals surface area contributed by atoms with E-state index in [2.05, 4.69) is 0 Å². The van der Waals surface area contributed by atoms with E-state index in [0.29, 0.717) is 0 Å². The zero-order valence-electron chi connectivity index (χ0n) is 8.80. The first-order chi connectivity index (χ1) is 7.52. The monoisotopic (exact) mass is 220 g/mol. The third-order valence-electron chi connectivity index (χ3n) is 2.26. The van der Waals surface area contributed by atoms with E-state index in [1.54, 1.807) is 24.3 Å². The Morgan fingerprint density at radius 1 is 1.06 bits per heavy atom. The van der Waals surface area contributed by atoms with Gasteiger partial charge in [-0.05, 0) is 12.5 Å². The zero-order valence-corrected chi connectivity index (χ0v) is 8.80. The maximum atomic E-state index is 10.9. The molecule has 0 radical (unpaired) electrons. The number of aliphatic carboxylic acids is 2. The summed E-state index contributed by atoms with van der Waals surface area (Å²) in [4.78, 5) is 21.6. The van der Waals surface area contributed by atoms with Gasteiger partial charge in [0.25, 0.3) is 0 Å². The lowest BCUT2D eigenvalue weighted by Crippen LogP contribution is -2.11. The first kappa shape index (κ1) is 12.0. The Hall–Kier alpha value is -2.10. The van der Waals surface area contributed by atoms with Gasteiger partial charge in [-0.3, -0.25) is 0 Å². The number of rotatable bonds is 4. The van der Waals surface area contributed by atoms with Crippen LogP contribution in [0.25, 0.3) is 0 Å². The van der Waals surface area contributed by atoms with Gasteiger partial charge in [0.2, 0.25) is 0 Å². The Balaban J connectivity index is 3.03. The molecule has 0 spiro atoms. The lowest BCUT2D eigenvalue weighted by atomic mass is 10.0. The standard InChI is InChI=1S/C12H12O4/c1-8(11(13)14)10(12(15)16)7-9-5-3-2-4-6-9/h2-6H,7H2,1H3,(H,13,14)(H,15,16)/b10-8+. The molecule has 0 heterocycles. The van der Waals surface area contributed by atoms with E-state index < -0.39 is 11.9 Å². The summed E-state index contributed by atoms with van der Waals surface area (Å²) in [6, 6.07) is 8.91. The Bertz CT molecular complexity index is 432. The van der Waals surface area contributed by atoms with Crippen molar-refractivity contribution in [1.29, 1.82) is 0 Å². The van der Waals surface area contributed by atoms with Gasteiger partial charge in [-0.2, -0.15) is 0 Å². The van der Waals surface area contributed by atoms with Gasteiger partial charge in [-0.25, -0.2) is 9.59 Å². The molecule has 0 aromatic heterocycles. The number of benzene rings is 1. The van der Waals surface area contributed by atoms with Crippen LogP contribution in [-0.2, 0) is 16.0 Å². The highest BCUT2D eigenvalue weighted by atomic mass is 16.4. The molecule has 4 nitrogen and oxygen atoms in total. The molecule has 0 saturated carbocycles. The van der Waals surface area contributed by atoms with E-state index >= 15 is 0 Å². The molecular weight excluding hydrogens is 208 g/mol. The molecule has 2 N–H and O–H groups in total. The number of carboxylic acids is 2. The van der Waals surface area contributed by atoms with Gasteiger partial charge >= 0.3 is 11.9 Å². The van der Waals surface area contributed by atoms with E-state index in [1.165, 1.54) is 6.92 Å². The van der Waals surface area contributed by atoms with Gasteiger partial charge in [-0.1, -0.05) is 30.3 Å². The predicted molar refractivity (Wildman–Crippen MR) is 58.1 cm³/mol. The van der Waals surface area contributed by atoms with Crippen LogP contribution in [0.15, 0.2) is 41.5 Å². The van der Waals surface area contributed by atoms with Crippen LogP contribution in [0.1, 0.15) is 12.5 Å².